The molecule has 0 atom stereocenters. The normalized spacial score (nSPS) is 14.2. The number of nitriles is 1. The lowest BCUT2D eigenvalue weighted by Gasteiger charge is -2.30. The molecule has 4 rings (SSSR count). The molecule has 1 aliphatic heterocycles. The van der Waals surface area contributed by atoms with E-state index in [2.05, 4.69) is 34.6 Å². The Hall–Kier alpha value is -4.04. The Bertz CT molecular complexity index is 1180. The molecule has 2 amide bonds. The van der Waals surface area contributed by atoms with E-state index < -0.39 is 5.91 Å². The van der Waals surface area contributed by atoms with E-state index in [9.17, 15) is 14.9 Å². The van der Waals surface area contributed by atoms with Crippen molar-refractivity contribution in [3.63, 3.8) is 0 Å². The molecular formula is C24H28N6O5. The number of aromatic nitrogens is 1. The van der Waals surface area contributed by atoms with Crippen LogP contribution in [0.25, 0.3) is 11.7 Å². The molecule has 35 heavy (non-hydrogen) atoms. The monoisotopic (exact) mass is 480 g/mol. The molecule has 0 unspecified atom stereocenters. The molecule has 0 saturated carbocycles. The van der Waals surface area contributed by atoms with Crippen molar-refractivity contribution in [1.29, 1.82) is 5.26 Å². The number of anilines is 1. The van der Waals surface area contributed by atoms with Crippen LogP contribution in [0.4, 0.5) is 5.88 Å². The summed E-state index contributed by atoms with van der Waals surface area (Å²) in [5, 5.41) is 9.44. The highest BCUT2D eigenvalue weighted by atomic mass is 16.4. The van der Waals surface area contributed by atoms with Crippen LogP contribution >= 0.6 is 0 Å². The van der Waals surface area contributed by atoms with Crippen molar-refractivity contribution in [1.82, 2.24) is 20.7 Å². The molecule has 0 bridgehead atoms. The molecule has 0 spiro atoms. The third kappa shape index (κ3) is 5.55. The molecule has 3 aromatic rings. The van der Waals surface area contributed by atoms with Crippen LogP contribution in [0.5, 0.6) is 0 Å². The van der Waals surface area contributed by atoms with E-state index in [1.54, 1.807) is 24.3 Å². The Morgan fingerprint density at radius 2 is 1.94 bits per heavy atom. The first-order chi connectivity index (χ1) is 17.0. The first-order valence-corrected chi connectivity index (χ1v) is 11.6. The fourth-order valence-electron chi connectivity index (χ4n) is 3.98. The van der Waals surface area contributed by atoms with Crippen molar-refractivity contribution < 1.29 is 22.8 Å². The van der Waals surface area contributed by atoms with Gasteiger partial charge in [-0.15, -0.1) is 0 Å². The van der Waals surface area contributed by atoms with E-state index in [-0.39, 0.29) is 29.2 Å². The van der Waals surface area contributed by atoms with E-state index in [0.29, 0.717) is 49.9 Å². The maximum absolute atomic E-state index is 12.6. The summed E-state index contributed by atoms with van der Waals surface area (Å²) >= 11 is 0. The lowest BCUT2D eigenvalue weighted by Crippen LogP contribution is -2.47. The number of furan rings is 2. The Balaban J connectivity index is 1.27. The Labute approximate surface area is 202 Å². The SMILES string of the molecule is CCN(CC)Cc1ccc(C(=O)NNC(=O)C2CCN(c3oc(-c4ccco4)nc3C#N)CC2)o1. The van der Waals surface area contributed by atoms with Crippen LogP contribution in [0.3, 0.4) is 0 Å². The molecule has 11 heteroatoms. The van der Waals surface area contributed by atoms with Crippen LogP contribution in [-0.2, 0) is 11.3 Å². The molecule has 4 heterocycles. The summed E-state index contributed by atoms with van der Waals surface area (Å²) in [5.74, 6) is 0.802. The van der Waals surface area contributed by atoms with Gasteiger partial charge in [-0.05, 0) is 50.2 Å². The summed E-state index contributed by atoms with van der Waals surface area (Å²) in [6.45, 7) is 7.51. The highest BCUT2D eigenvalue weighted by Gasteiger charge is 2.29. The Kier molecular flexibility index (Phi) is 7.52. The van der Waals surface area contributed by atoms with Gasteiger partial charge in [-0.3, -0.25) is 25.3 Å². The van der Waals surface area contributed by atoms with Gasteiger partial charge in [0, 0.05) is 19.0 Å². The Morgan fingerprint density at radius 1 is 1.17 bits per heavy atom. The minimum atomic E-state index is -0.507. The van der Waals surface area contributed by atoms with Gasteiger partial charge in [0.25, 0.3) is 5.89 Å². The average molecular weight is 481 g/mol. The zero-order valence-electron chi connectivity index (χ0n) is 19.7. The third-order valence-electron chi connectivity index (χ3n) is 6.06. The molecule has 0 aromatic carbocycles. The lowest BCUT2D eigenvalue weighted by molar-refractivity contribution is -0.126. The maximum Gasteiger partial charge on any atom is 0.305 e. The number of piperidine rings is 1. The topological polar surface area (TPSA) is 141 Å². The summed E-state index contributed by atoms with van der Waals surface area (Å²) in [5.41, 5.74) is 5.10. The van der Waals surface area contributed by atoms with Gasteiger partial charge in [0.2, 0.25) is 17.5 Å². The van der Waals surface area contributed by atoms with E-state index in [1.165, 1.54) is 6.26 Å². The van der Waals surface area contributed by atoms with Crippen molar-refractivity contribution >= 4 is 17.7 Å². The Morgan fingerprint density at radius 3 is 2.60 bits per heavy atom. The summed E-state index contributed by atoms with van der Waals surface area (Å²) in [6.07, 6.45) is 2.56. The smallest absolute Gasteiger partial charge is 0.305 e. The molecule has 184 valence electrons. The van der Waals surface area contributed by atoms with Crippen LogP contribution in [0, 0.1) is 17.2 Å². The number of hydrogen-bond acceptors (Lipinski definition) is 9. The fraction of sp³-hybridized carbons (Fsp3) is 0.417. The van der Waals surface area contributed by atoms with Gasteiger partial charge < -0.3 is 18.2 Å². The molecule has 11 nitrogen and oxygen atoms in total. The van der Waals surface area contributed by atoms with E-state index >= 15 is 0 Å². The van der Waals surface area contributed by atoms with Crippen molar-refractivity contribution in [3.05, 3.63) is 47.7 Å². The molecule has 3 aromatic heterocycles. The lowest BCUT2D eigenvalue weighted by atomic mass is 9.96. The molecule has 0 aliphatic carbocycles. The standard InChI is InChI=1S/C24H28N6O5/c1-3-29(4-2)15-17-7-8-19(34-17)22(32)28-27-21(31)16-9-11-30(12-10-16)24-18(14-25)26-23(35-24)20-6-5-13-33-20/h5-8,13,16H,3-4,9-12,15H2,1-2H3,(H,27,31)(H,28,32). The first kappa shape index (κ1) is 24.1. The summed E-state index contributed by atoms with van der Waals surface area (Å²) in [4.78, 5) is 33.2. The van der Waals surface area contributed by atoms with Crippen molar-refractivity contribution in [2.24, 2.45) is 5.92 Å². The predicted octanol–water partition coefficient (Wildman–Crippen LogP) is 2.92. The molecule has 1 fully saturated rings. The number of carbonyl (C=O) groups is 2. The van der Waals surface area contributed by atoms with Crippen molar-refractivity contribution in [3.8, 4) is 17.7 Å². The van der Waals surface area contributed by atoms with Gasteiger partial charge in [-0.1, -0.05) is 13.8 Å². The van der Waals surface area contributed by atoms with Crippen molar-refractivity contribution in [2.75, 3.05) is 31.1 Å². The van der Waals surface area contributed by atoms with Gasteiger partial charge in [0.1, 0.15) is 11.8 Å². The number of nitrogens with zero attached hydrogens (tertiary/aromatic N) is 4. The fourth-order valence-corrected chi connectivity index (χ4v) is 3.98. The van der Waals surface area contributed by atoms with Crippen LogP contribution in [-0.4, -0.2) is 47.9 Å². The number of hydrogen-bond donors (Lipinski definition) is 2. The largest absolute Gasteiger partial charge is 0.459 e. The first-order valence-electron chi connectivity index (χ1n) is 11.6. The van der Waals surface area contributed by atoms with Gasteiger partial charge in [-0.25, -0.2) is 0 Å². The molecule has 1 saturated heterocycles. The number of carbonyl (C=O) groups excluding carboxylic acids is 2. The second-order valence-electron chi connectivity index (χ2n) is 8.19. The number of nitrogens with one attached hydrogen (secondary N) is 2. The maximum atomic E-state index is 12.6. The van der Waals surface area contributed by atoms with Gasteiger partial charge in [0.15, 0.2) is 11.5 Å². The van der Waals surface area contributed by atoms with E-state index in [0.717, 1.165) is 13.1 Å². The average Bonchev–Trinajstić information content (AvgIpc) is 3.66. The number of rotatable bonds is 8. The summed E-state index contributed by atoms with van der Waals surface area (Å²) in [6, 6.07) is 8.83. The quantitative estimate of drug-likeness (QED) is 0.466. The number of amides is 2. The minimum absolute atomic E-state index is 0.143. The van der Waals surface area contributed by atoms with Crippen LogP contribution in [0.15, 0.2) is 43.8 Å². The van der Waals surface area contributed by atoms with Gasteiger partial charge >= 0.3 is 5.91 Å². The van der Waals surface area contributed by atoms with Crippen LogP contribution in [0.1, 0.15) is 48.7 Å². The third-order valence-corrected chi connectivity index (χ3v) is 6.06. The second-order valence-corrected chi connectivity index (χ2v) is 8.19. The zero-order valence-corrected chi connectivity index (χ0v) is 19.7. The zero-order chi connectivity index (χ0) is 24.8. The molecule has 2 N–H and O–H groups in total. The van der Waals surface area contributed by atoms with E-state index in [4.69, 9.17) is 13.3 Å². The van der Waals surface area contributed by atoms with E-state index in [1.807, 2.05) is 11.0 Å². The number of hydrazine groups is 1. The van der Waals surface area contributed by atoms with Gasteiger partial charge in [0.05, 0.1) is 12.8 Å². The number of oxazole rings is 1. The highest BCUT2D eigenvalue weighted by molar-refractivity contribution is 5.93. The van der Waals surface area contributed by atoms with Crippen LogP contribution < -0.4 is 15.8 Å². The molecule has 0 radical (unpaired) electrons. The second kappa shape index (κ2) is 10.9. The minimum Gasteiger partial charge on any atom is -0.459 e. The van der Waals surface area contributed by atoms with Crippen LogP contribution in [0.2, 0.25) is 0 Å². The molecular weight excluding hydrogens is 452 g/mol. The summed E-state index contributed by atoms with van der Waals surface area (Å²) in [7, 11) is 0. The van der Waals surface area contributed by atoms with Gasteiger partial charge in [-0.2, -0.15) is 10.2 Å². The predicted molar refractivity (Wildman–Crippen MR) is 125 cm³/mol. The highest BCUT2D eigenvalue weighted by Crippen LogP contribution is 2.31. The summed E-state index contributed by atoms with van der Waals surface area (Å²) < 4.78 is 16.7. The van der Waals surface area contributed by atoms with Crippen molar-refractivity contribution in [2.45, 2.75) is 33.2 Å². The molecule has 1 aliphatic rings.